The third kappa shape index (κ3) is 4.95. The van der Waals surface area contributed by atoms with E-state index in [4.69, 9.17) is 17.0 Å². The van der Waals surface area contributed by atoms with Crippen molar-refractivity contribution in [2.75, 3.05) is 19.0 Å². The third-order valence-corrected chi connectivity index (χ3v) is 4.87. The summed E-state index contributed by atoms with van der Waals surface area (Å²) in [6.07, 6.45) is 0.885. The molecule has 0 aliphatic rings. The molecular weight excluding hydrogens is 384 g/mol. The van der Waals surface area contributed by atoms with Gasteiger partial charge in [-0.05, 0) is 95.8 Å². The molecule has 0 aromatic heterocycles. The first-order chi connectivity index (χ1) is 11.4. The number of ether oxygens (including phenoxy) is 1. The lowest BCUT2D eigenvalue weighted by Crippen LogP contribution is -2.30. The lowest BCUT2D eigenvalue weighted by atomic mass is 10.1. The van der Waals surface area contributed by atoms with Crippen LogP contribution >= 0.6 is 28.1 Å². The number of aryl methyl sites for hydroxylation is 3. The molecule has 0 bridgehead atoms. The Kier molecular flexibility index (Phi) is 6.63. The van der Waals surface area contributed by atoms with Crippen LogP contribution in [-0.4, -0.2) is 18.8 Å². The second-order valence-electron chi connectivity index (χ2n) is 5.85. The molecule has 0 spiro atoms. The average molecular weight is 407 g/mol. The van der Waals surface area contributed by atoms with Gasteiger partial charge < -0.3 is 15.4 Å². The van der Waals surface area contributed by atoms with Gasteiger partial charge in [-0.2, -0.15) is 0 Å². The number of rotatable bonds is 5. The molecule has 128 valence electrons. The van der Waals surface area contributed by atoms with E-state index in [0.29, 0.717) is 5.11 Å². The van der Waals surface area contributed by atoms with Crippen LogP contribution in [0.15, 0.2) is 34.8 Å². The van der Waals surface area contributed by atoms with Crippen molar-refractivity contribution in [1.82, 2.24) is 5.32 Å². The van der Waals surface area contributed by atoms with Crippen LogP contribution in [0.25, 0.3) is 0 Å². The predicted molar refractivity (Wildman–Crippen MR) is 109 cm³/mol. The van der Waals surface area contributed by atoms with E-state index in [9.17, 15) is 0 Å². The Bertz CT molecular complexity index is 746. The van der Waals surface area contributed by atoms with Gasteiger partial charge in [-0.25, -0.2) is 0 Å². The first-order valence-corrected chi connectivity index (χ1v) is 9.06. The number of nitrogens with one attached hydrogen (secondary N) is 2. The van der Waals surface area contributed by atoms with Crippen LogP contribution in [0.1, 0.15) is 22.3 Å². The van der Waals surface area contributed by atoms with Crippen LogP contribution < -0.4 is 15.4 Å². The highest BCUT2D eigenvalue weighted by molar-refractivity contribution is 9.10. The van der Waals surface area contributed by atoms with Crippen molar-refractivity contribution in [2.24, 2.45) is 0 Å². The summed E-state index contributed by atoms with van der Waals surface area (Å²) in [5.41, 5.74) is 6.03. The standard InChI is InChI=1S/C19H23BrN2OS/c1-12-9-14(3)17(10-13(12)2)22-19(24)21-8-7-15-5-6-18(23-4)16(20)11-15/h5-6,9-11H,7-8H2,1-4H3,(H2,21,22,24). The van der Waals surface area contributed by atoms with E-state index < -0.39 is 0 Å². The van der Waals surface area contributed by atoms with Crippen molar-refractivity contribution in [2.45, 2.75) is 27.2 Å². The van der Waals surface area contributed by atoms with E-state index in [1.807, 2.05) is 6.07 Å². The molecule has 2 aromatic carbocycles. The van der Waals surface area contributed by atoms with E-state index >= 15 is 0 Å². The largest absolute Gasteiger partial charge is 0.496 e. The van der Waals surface area contributed by atoms with Crippen LogP contribution in [0, 0.1) is 20.8 Å². The molecule has 0 heterocycles. The number of methoxy groups -OCH3 is 1. The van der Waals surface area contributed by atoms with Crippen LogP contribution in [0.2, 0.25) is 0 Å². The van der Waals surface area contributed by atoms with Crippen LogP contribution in [0.3, 0.4) is 0 Å². The van der Waals surface area contributed by atoms with Gasteiger partial charge in [0, 0.05) is 12.2 Å². The van der Waals surface area contributed by atoms with Gasteiger partial charge in [0.2, 0.25) is 0 Å². The summed E-state index contributed by atoms with van der Waals surface area (Å²) < 4.78 is 6.21. The Balaban J connectivity index is 1.88. The third-order valence-electron chi connectivity index (χ3n) is 4.00. The van der Waals surface area contributed by atoms with Crippen molar-refractivity contribution < 1.29 is 4.74 Å². The van der Waals surface area contributed by atoms with Crippen molar-refractivity contribution >= 4 is 38.9 Å². The highest BCUT2D eigenvalue weighted by Crippen LogP contribution is 2.25. The minimum atomic E-state index is 0.647. The molecule has 2 aromatic rings. The summed E-state index contributed by atoms with van der Waals surface area (Å²) in [7, 11) is 1.67. The van der Waals surface area contributed by atoms with Gasteiger partial charge in [0.05, 0.1) is 11.6 Å². The molecule has 0 aliphatic carbocycles. The molecule has 0 aliphatic heterocycles. The first kappa shape index (κ1) is 18.7. The second kappa shape index (κ2) is 8.49. The molecule has 0 saturated heterocycles. The van der Waals surface area contributed by atoms with E-state index in [0.717, 1.165) is 28.9 Å². The van der Waals surface area contributed by atoms with Gasteiger partial charge in [-0.3, -0.25) is 0 Å². The molecule has 3 nitrogen and oxygen atoms in total. The van der Waals surface area contributed by atoms with Gasteiger partial charge in [-0.15, -0.1) is 0 Å². The number of halogens is 1. The number of hydrogen-bond donors (Lipinski definition) is 2. The second-order valence-corrected chi connectivity index (χ2v) is 7.11. The van der Waals surface area contributed by atoms with E-state index in [2.05, 4.69) is 71.6 Å². The van der Waals surface area contributed by atoms with Crippen molar-refractivity contribution in [3.05, 3.63) is 57.1 Å². The van der Waals surface area contributed by atoms with E-state index in [1.54, 1.807) is 7.11 Å². The molecule has 2 rings (SSSR count). The average Bonchev–Trinajstić information content (AvgIpc) is 2.53. The Labute approximate surface area is 157 Å². The first-order valence-electron chi connectivity index (χ1n) is 7.86. The van der Waals surface area contributed by atoms with Crippen LogP contribution in [0.4, 0.5) is 5.69 Å². The molecular formula is C19H23BrN2OS. The van der Waals surface area contributed by atoms with E-state index in [1.165, 1.54) is 22.3 Å². The normalized spacial score (nSPS) is 10.4. The molecule has 0 saturated carbocycles. The van der Waals surface area contributed by atoms with Crippen molar-refractivity contribution in [3.8, 4) is 5.75 Å². The maximum absolute atomic E-state index is 5.40. The maximum atomic E-state index is 5.40. The fourth-order valence-electron chi connectivity index (χ4n) is 2.45. The lowest BCUT2D eigenvalue weighted by Gasteiger charge is -2.14. The number of thiocarbonyl (C=S) groups is 1. The maximum Gasteiger partial charge on any atom is 0.170 e. The summed E-state index contributed by atoms with van der Waals surface area (Å²) in [5.74, 6) is 0.842. The minimum absolute atomic E-state index is 0.647. The summed E-state index contributed by atoms with van der Waals surface area (Å²) in [5, 5.41) is 7.20. The summed E-state index contributed by atoms with van der Waals surface area (Å²) in [4.78, 5) is 0. The molecule has 0 amide bonds. The van der Waals surface area contributed by atoms with Gasteiger partial charge >= 0.3 is 0 Å². The minimum Gasteiger partial charge on any atom is -0.496 e. The van der Waals surface area contributed by atoms with Crippen LogP contribution in [0.5, 0.6) is 5.75 Å². The fourth-order valence-corrected chi connectivity index (χ4v) is 3.25. The van der Waals surface area contributed by atoms with E-state index in [-0.39, 0.29) is 0 Å². The highest BCUT2D eigenvalue weighted by Gasteiger charge is 2.05. The SMILES string of the molecule is COc1ccc(CCNC(=S)Nc2cc(C)c(C)cc2C)cc1Br. The molecule has 24 heavy (non-hydrogen) atoms. The molecule has 0 fully saturated rings. The number of anilines is 1. The Hall–Kier alpha value is -1.59. The van der Waals surface area contributed by atoms with Gasteiger partial charge in [0.15, 0.2) is 5.11 Å². The van der Waals surface area contributed by atoms with Crippen molar-refractivity contribution in [3.63, 3.8) is 0 Å². The fraction of sp³-hybridized carbons (Fsp3) is 0.316. The summed E-state index contributed by atoms with van der Waals surface area (Å²) in [6.45, 7) is 7.09. The van der Waals surface area contributed by atoms with Gasteiger partial charge in [0.1, 0.15) is 5.75 Å². The number of benzene rings is 2. The van der Waals surface area contributed by atoms with Gasteiger partial charge in [-0.1, -0.05) is 12.1 Å². The molecule has 0 unspecified atom stereocenters. The highest BCUT2D eigenvalue weighted by atomic mass is 79.9. The Morgan fingerprint density at radius 2 is 1.79 bits per heavy atom. The van der Waals surface area contributed by atoms with Crippen LogP contribution in [-0.2, 0) is 6.42 Å². The number of hydrogen-bond acceptors (Lipinski definition) is 2. The predicted octanol–water partition coefficient (Wildman–Crippen LogP) is 4.91. The monoisotopic (exact) mass is 406 g/mol. The zero-order valence-corrected chi connectivity index (χ0v) is 16.9. The Morgan fingerprint density at radius 3 is 2.46 bits per heavy atom. The Morgan fingerprint density at radius 1 is 1.08 bits per heavy atom. The zero-order valence-electron chi connectivity index (χ0n) is 14.5. The van der Waals surface area contributed by atoms with Crippen molar-refractivity contribution in [1.29, 1.82) is 0 Å². The summed E-state index contributed by atoms with van der Waals surface area (Å²) >= 11 is 8.91. The molecule has 5 heteroatoms. The quantitative estimate of drug-likeness (QED) is 0.690. The smallest absolute Gasteiger partial charge is 0.170 e. The lowest BCUT2D eigenvalue weighted by molar-refractivity contribution is 0.412. The van der Waals surface area contributed by atoms with Gasteiger partial charge in [0.25, 0.3) is 0 Å². The molecule has 2 N–H and O–H groups in total. The molecule has 0 atom stereocenters. The topological polar surface area (TPSA) is 33.3 Å². The zero-order chi connectivity index (χ0) is 17.7. The summed E-state index contributed by atoms with van der Waals surface area (Å²) in [6, 6.07) is 10.4. The molecule has 0 radical (unpaired) electrons.